The summed E-state index contributed by atoms with van der Waals surface area (Å²) in [4.78, 5) is 24.5. The molecule has 0 amide bonds. The molecule has 10 rings (SSSR count). The minimum Gasteiger partial charge on any atom is -0.419 e. The fourth-order valence-corrected chi connectivity index (χ4v) is 6.86. The Kier molecular flexibility index (Phi) is 5.48. The van der Waals surface area contributed by atoms with Gasteiger partial charge in [-0.1, -0.05) is 97.1 Å². The van der Waals surface area contributed by atoms with Crippen LogP contribution in [0.4, 0.5) is 0 Å². The highest BCUT2D eigenvalue weighted by Crippen LogP contribution is 2.39. The third-order valence-electron chi connectivity index (χ3n) is 9.02. The third kappa shape index (κ3) is 4.02. The van der Waals surface area contributed by atoms with Gasteiger partial charge in [0.05, 0.1) is 10.8 Å². The fraction of sp³-hybridized carbons (Fsp3) is 0. The van der Waals surface area contributed by atoms with Crippen LogP contribution in [0.25, 0.3) is 99.5 Å². The van der Waals surface area contributed by atoms with E-state index in [9.17, 15) is 0 Å². The van der Waals surface area contributed by atoms with Crippen LogP contribution < -0.4 is 0 Å². The Hall–Kier alpha value is -6.53. The van der Waals surface area contributed by atoms with Crippen LogP contribution in [0.15, 0.2) is 144 Å². The monoisotopic (exact) mass is 601 g/mol. The third-order valence-corrected chi connectivity index (χ3v) is 9.02. The minimum atomic E-state index is 0.494. The zero-order valence-electron chi connectivity index (χ0n) is 24.9. The maximum Gasteiger partial charge on any atom is 0.230 e. The van der Waals surface area contributed by atoms with Crippen LogP contribution in [0.3, 0.4) is 0 Å². The van der Waals surface area contributed by atoms with Gasteiger partial charge in [0.2, 0.25) is 11.4 Å². The summed E-state index contributed by atoms with van der Waals surface area (Å²) in [6.45, 7) is 0. The maximum absolute atomic E-state index is 6.04. The quantitative estimate of drug-likeness (QED) is 0.188. The second-order valence-electron chi connectivity index (χ2n) is 11.7. The minimum absolute atomic E-state index is 0.494. The highest BCUT2D eigenvalue weighted by Gasteiger charge is 2.20. The summed E-state index contributed by atoms with van der Waals surface area (Å²) in [5.74, 6) is 1.73. The first-order valence-corrected chi connectivity index (χ1v) is 15.5. The SMILES string of the molecule is c1ccc2cc(-c3nc(-c4cc5ccc6ccccc6c5c5ccccc45)nc(-c4ccnc5oc6ncccc6c45)n3)ccc2c1. The van der Waals surface area contributed by atoms with Crippen LogP contribution in [0.2, 0.25) is 0 Å². The number of furan rings is 1. The number of aromatic nitrogens is 5. The van der Waals surface area contributed by atoms with Crippen molar-refractivity contribution in [2.45, 2.75) is 0 Å². The summed E-state index contributed by atoms with van der Waals surface area (Å²) in [6, 6.07) is 44.1. The Balaban J connectivity index is 1.30. The average molecular weight is 602 g/mol. The molecule has 0 aliphatic rings. The van der Waals surface area contributed by atoms with Crippen molar-refractivity contribution in [1.29, 1.82) is 0 Å². The van der Waals surface area contributed by atoms with Crippen molar-refractivity contribution in [3.63, 3.8) is 0 Å². The number of hydrogen-bond acceptors (Lipinski definition) is 6. The molecule has 0 saturated heterocycles. The van der Waals surface area contributed by atoms with Gasteiger partial charge in [0.25, 0.3) is 0 Å². The van der Waals surface area contributed by atoms with E-state index < -0.39 is 0 Å². The predicted octanol–water partition coefficient (Wildman–Crippen LogP) is 10.2. The molecule has 6 heteroatoms. The molecule has 0 N–H and O–H groups in total. The lowest BCUT2D eigenvalue weighted by Gasteiger charge is -2.14. The lowest BCUT2D eigenvalue weighted by atomic mass is 9.93. The molecular formula is C41H23N5O. The largest absolute Gasteiger partial charge is 0.419 e. The molecule has 0 bridgehead atoms. The van der Waals surface area contributed by atoms with Gasteiger partial charge in [0.15, 0.2) is 17.5 Å². The number of pyridine rings is 2. The van der Waals surface area contributed by atoms with Crippen molar-refractivity contribution in [2.75, 3.05) is 0 Å². The van der Waals surface area contributed by atoms with Gasteiger partial charge in [0.1, 0.15) is 0 Å². The Bertz CT molecular complexity index is 2870. The van der Waals surface area contributed by atoms with E-state index in [4.69, 9.17) is 19.4 Å². The van der Waals surface area contributed by atoms with Gasteiger partial charge < -0.3 is 4.42 Å². The Morgan fingerprint density at radius 2 is 1.04 bits per heavy atom. The summed E-state index contributed by atoms with van der Waals surface area (Å²) in [6.07, 6.45) is 3.45. The molecule has 0 aliphatic heterocycles. The lowest BCUT2D eigenvalue weighted by molar-refractivity contribution is 0.640. The van der Waals surface area contributed by atoms with Gasteiger partial charge in [-0.15, -0.1) is 0 Å². The van der Waals surface area contributed by atoms with Gasteiger partial charge in [0, 0.05) is 29.1 Å². The molecule has 218 valence electrons. The first-order valence-electron chi connectivity index (χ1n) is 15.5. The zero-order valence-corrected chi connectivity index (χ0v) is 24.9. The van der Waals surface area contributed by atoms with E-state index in [0.717, 1.165) is 54.4 Å². The molecule has 4 aromatic heterocycles. The number of hydrogen-bond donors (Lipinski definition) is 0. The van der Waals surface area contributed by atoms with Crippen LogP contribution >= 0.6 is 0 Å². The zero-order chi connectivity index (χ0) is 30.9. The van der Waals surface area contributed by atoms with Crippen LogP contribution in [0.5, 0.6) is 0 Å². The molecule has 0 spiro atoms. The fourth-order valence-electron chi connectivity index (χ4n) is 6.86. The topological polar surface area (TPSA) is 77.6 Å². The molecule has 0 fully saturated rings. The summed E-state index contributed by atoms with van der Waals surface area (Å²) < 4.78 is 6.04. The van der Waals surface area contributed by atoms with E-state index in [1.807, 2.05) is 30.3 Å². The van der Waals surface area contributed by atoms with Crippen LogP contribution in [-0.4, -0.2) is 24.9 Å². The first-order chi connectivity index (χ1) is 23.3. The van der Waals surface area contributed by atoms with E-state index in [2.05, 4.69) is 107 Å². The Morgan fingerprint density at radius 1 is 0.383 bits per heavy atom. The van der Waals surface area contributed by atoms with Gasteiger partial charge in [-0.05, 0) is 73.4 Å². The Labute approximate surface area is 268 Å². The van der Waals surface area contributed by atoms with Gasteiger partial charge in [-0.3, -0.25) is 0 Å². The van der Waals surface area contributed by atoms with Gasteiger partial charge in [-0.2, -0.15) is 0 Å². The predicted molar refractivity (Wildman–Crippen MR) is 189 cm³/mol. The van der Waals surface area contributed by atoms with Crippen LogP contribution in [0, 0.1) is 0 Å². The van der Waals surface area contributed by atoms with Crippen molar-refractivity contribution in [3.8, 4) is 34.2 Å². The van der Waals surface area contributed by atoms with E-state index in [0.29, 0.717) is 28.9 Å². The molecular weight excluding hydrogens is 578 g/mol. The molecule has 6 nitrogen and oxygen atoms in total. The highest BCUT2D eigenvalue weighted by molar-refractivity contribution is 6.23. The summed E-state index contributed by atoms with van der Waals surface area (Å²) >= 11 is 0. The standard InChI is InChI=1S/C41H23N5O/c1-2-10-26-22-28(18-15-24(26)8-1)37-44-38(32-19-21-43-41-36(32)33-14-7-20-42-40(33)47-41)46-39(45-37)34-23-27-17-16-25-9-3-4-11-29(25)35(27)31-13-6-5-12-30(31)34/h1-23H. The molecule has 0 aliphatic carbocycles. The second-order valence-corrected chi connectivity index (χ2v) is 11.7. The van der Waals surface area contributed by atoms with Crippen molar-refractivity contribution in [1.82, 2.24) is 24.9 Å². The molecule has 6 aromatic carbocycles. The van der Waals surface area contributed by atoms with Crippen molar-refractivity contribution < 1.29 is 4.42 Å². The molecule has 47 heavy (non-hydrogen) atoms. The van der Waals surface area contributed by atoms with E-state index >= 15 is 0 Å². The summed E-state index contributed by atoms with van der Waals surface area (Å²) in [5.41, 5.74) is 3.68. The Morgan fingerprint density at radius 3 is 1.94 bits per heavy atom. The highest BCUT2D eigenvalue weighted by atomic mass is 16.3. The second kappa shape index (κ2) is 9.99. The molecule has 0 atom stereocenters. The molecule has 0 radical (unpaired) electrons. The normalized spacial score (nSPS) is 11.8. The average Bonchev–Trinajstić information content (AvgIpc) is 3.53. The lowest BCUT2D eigenvalue weighted by Crippen LogP contribution is -2.01. The summed E-state index contributed by atoms with van der Waals surface area (Å²) in [5, 5.41) is 11.0. The van der Waals surface area contributed by atoms with Gasteiger partial charge >= 0.3 is 0 Å². The molecule has 10 aromatic rings. The van der Waals surface area contributed by atoms with Crippen molar-refractivity contribution in [2.24, 2.45) is 0 Å². The first kappa shape index (κ1) is 25.8. The molecule has 4 heterocycles. The maximum atomic E-state index is 6.04. The van der Waals surface area contributed by atoms with Crippen molar-refractivity contribution in [3.05, 3.63) is 140 Å². The summed E-state index contributed by atoms with van der Waals surface area (Å²) in [7, 11) is 0. The molecule has 0 saturated carbocycles. The van der Waals surface area contributed by atoms with Crippen LogP contribution in [0.1, 0.15) is 0 Å². The molecule has 0 unspecified atom stereocenters. The van der Waals surface area contributed by atoms with E-state index in [1.54, 1.807) is 12.4 Å². The number of fused-ring (bicyclic) bond motifs is 9. The van der Waals surface area contributed by atoms with E-state index in [-0.39, 0.29) is 0 Å². The number of rotatable bonds is 3. The van der Waals surface area contributed by atoms with E-state index in [1.165, 1.54) is 16.2 Å². The smallest absolute Gasteiger partial charge is 0.230 e. The van der Waals surface area contributed by atoms with Gasteiger partial charge in [-0.25, -0.2) is 24.9 Å². The van der Waals surface area contributed by atoms with Crippen LogP contribution in [-0.2, 0) is 0 Å². The number of benzene rings is 6. The van der Waals surface area contributed by atoms with Crippen molar-refractivity contribution >= 4 is 65.3 Å². The number of nitrogens with zero attached hydrogens (tertiary/aromatic N) is 5.